The molecule has 0 aliphatic carbocycles. The van der Waals surface area contributed by atoms with Gasteiger partial charge in [0.15, 0.2) is 0 Å². The fourth-order valence-electron chi connectivity index (χ4n) is 2.02. The second-order valence-corrected chi connectivity index (χ2v) is 7.19. The van der Waals surface area contributed by atoms with Crippen LogP contribution in [0.1, 0.15) is 37.1 Å². The van der Waals surface area contributed by atoms with Crippen molar-refractivity contribution in [1.29, 1.82) is 0 Å². The Kier molecular flexibility index (Phi) is 3.57. The van der Waals surface area contributed by atoms with Gasteiger partial charge in [-0.3, -0.25) is 0 Å². The molecule has 1 fully saturated rings. The highest BCUT2D eigenvalue weighted by Crippen LogP contribution is 2.34. The summed E-state index contributed by atoms with van der Waals surface area (Å²) in [5.41, 5.74) is -1.55. The van der Waals surface area contributed by atoms with Crippen molar-refractivity contribution >= 4 is 17.4 Å². The Labute approximate surface area is 117 Å². The topological polar surface area (TPSA) is 62.7 Å². The van der Waals surface area contributed by atoms with Gasteiger partial charge < -0.3 is 14.7 Å². The van der Waals surface area contributed by atoms with Crippen LogP contribution in [0.25, 0.3) is 0 Å². The molecule has 0 aromatic carbocycles. The molecule has 1 atom stereocenters. The second-order valence-electron chi connectivity index (χ2n) is 5.96. The van der Waals surface area contributed by atoms with Crippen molar-refractivity contribution in [3.63, 3.8) is 0 Å². The summed E-state index contributed by atoms with van der Waals surface area (Å²) in [5, 5.41) is 11.3. The Balaban J connectivity index is 2.05. The van der Waals surface area contributed by atoms with Crippen molar-refractivity contribution in [2.24, 2.45) is 0 Å². The Morgan fingerprint density at radius 1 is 1.58 bits per heavy atom. The molecular formula is C13H20N2O3S. The van der Waals surface area contributed by atoms with Crippen LogP contribution in [0.15, 0.2) is 6.20 Å². The molecule has 0 saturated carbocycles. The molecule has 6 heteroatoms. The smallest absolute Gasteiger partial charge is 0.410 e. The molecule has 1 aromatic rings. The molecule has 1 aliphatic rings. The first-order chi connectivity index (χ1) is 8.70. The van der Waals surface area contributed by atoms with E-state index in [4.69, 9.17) is 4.74 Å². The Morgan fingerprint density at radius 2 is 2.26 bits per heavy atom. The summed E-state index contributed by atoms with van der Waals surface area (Å²) in [5.74, 6) is 0. The van der Waals surface area contributed by atoms with E-state index in [0.717, 1.165) is 4.88 Å². The summed E-state index contributed by atoms with van der Waals surface area (Å²) >= 11 is 1.47. The Hall–Kier alpha value is -1.14. The maximum Gasteiger partial charge on any atom is 0.410 e. The fraction of sp³-hybridized carbons (Fsp3) is 0.692. The van der Waals surface area contributed by atoms with Crippen LogP contribution in [0.2, 0.25) is 0 Å². The summed E-state index contributed by atoms with van der Waals surface area (Å²) in [6, 6.07) is 0. The summed E-state index contributed by atoms with van der Waals surface area (Å²) in [6.45, 7) is 8.18. The number of likely N-dealkylation sites (tertiary alicyclic amines) is 1. The summed E-state index contributed by atoms with van der Waals surface area (Å²) in [4.78, 5) is 18.8. The minimum Gasteiger partial charge on any atom is -0.444 e. The summed E-state index contributed by atoms with van der Waals surface area (Å²) in [6.07, 6.45) is 1.87. The molecule has 2 heterocycles. The average molecular weight is 284 g/mol. The van der Waals surface area contributed by atoms with E-state index in [0.29, 0.717) is 18.0 Å². The standard InChI is InChI=1S/C13H20N2O3S/c1-9-7-14-10(19-9)13(17)5-6-15(8-13)11(16)18-12(2,3)4/h7,17H,5-6,8H2,1-4H3. The maximum absolute atomic E-state index is 12.0. The van der Waals surface area contributed by atoms with Crippen LogP contribution in [0.4, 0.5) is 4.79 Å². The predicted octanol–water partition coefficient (Wildman–Crippen LogP) is 2.28. The number of carbonyl (C=O) groups is 1. The molecule has 0 radical (unpaired) electrons. The number of aryl methyl sites for hydroxylation is 1. The lowest BCUT2D eigenvalue weighted by Gasteiger charge is -2.25. The quantitative estimate of drug-likeness (QED) is 0.859. The number of aliphatic hydroxyl groups is 1. The molecule has 19 heavy (non-hydrogen) atoms. The third-order valence-electron chi connectivity index (χ3n) is 2.92. The summed E-state index contributed by atoms with van der Waals surface area (Å²) in [7, 11) is 0. The number of carbonyl (C=O) groups excluding carboxylic acids is 1. The van der Waals surface area contributed by atoms with Crippen LogP contribution < -0.4 is 0 Å². The number of ether oxygens (including phenoxy) is 1. The van der Waals surface area contributed by atoms with Crippen LogP contribution in [0.5, 0.6) is 0 Å². The molecule has 1 aliphatic heterocycles. The average Bonchev–Trinajstić information content (AvgIpc) is 2.83. The van der Waals surface area contributed by atoms with Crippen LogP contribution in [0, 0.1) is 6.92 Å². The number of hydrogen-bond acceptors (Lipinski definition) is 5. The van der Waals surface area contributed by atoms with E-state index < -0.39 is 11.2 Å². The number of amides is 1. The van der Waals surface area contributed by atoms with Gasteiger partial charge >= 0.3 is 6.09 Å². The highest BCUT2D eigenvalue weighted by Gasteiger charge is 2.43. The van der Waals surface area contributed by atoms with Crippen LogP contribution in [0.3, 0.4) is 0 Å². The van der Waals surface area contributed by atoms with Gasteiger partial charge in [-0.2, -0.15) is 0 Å². The number of aromatic nitrogens is 1. The number of rotatable bonds is 1. The van der Waals surface area contributed by atoms with Crippen LogP contribution in [-0.2, 0) is 10.3 Å². The minimum absolute atomic E-state index is 0.245. The second kappa shape index (κ2) is 4.76. The van der Waals surface area contributed by atoms with Crippen molar-refractivity contribution in [3.05, 3.63) is 16.1 Å². The van der Waals surface area contributed by atoms with Gasteiger partial charge in [-0.15, -0.1) is 11.3 Å². The van der Waals surface area contributed by atoms with Gasteiger partial charge in [-0.05, 0) is 27.7 Å². The molecule has 1 unspecified atom stereocenters. The van der Waals surface area contributed by atoms with E-state index in [1.54, 1.807) is 11.1 Å². The molecule has 1 amide bonds. The van der Waals surface area contributed by atoms with Gasteiger partial charge in [0.05, 0.1) is 6.54 Å². The van der Waals surface area contributed by atoms with E-state index in [1.165, 1.54) is 11.3 Å². The SMILES string of the molecule is Cc1cnc(C2(O)CCN(C(=O)OC(C)(C)C)C2)s1. The zero-order valence-electron chi connectivity index (χ0n) is 11.8. The third-order valence-corrected chi connectivity index (χ3v) is 4.02. The fourth-order valence-corrected chi connectivity index (χ4v) is 2.89. The van der Waals surface area contributed by atoms with Gasteiger partial charge in [0.1, 0.15) is 16.2 Å². The van der Waals surface area contributed by atoms with E-state index in [-0.39, 0.29) is 12.6 Å². The zero-order chi connectivity index (χ0) is 14.3. The first kappa shape index (κ1) is 14.3. The van der Waals surface area contributed by atoms with Crippen molar-refractivity contribution in [2.45, 2.75) is 45.3 Å². The lowest BCUT2D eigenvalue weighted by atomic mass is 10.1. The number of hydrogen-bond donors (Lipinski definition) is 1. The lowest BCUT2D eigenvalue weighted by Crippen LogP contribution is -2.38. The lowest BCUT2D eigenvalue weighted by molar-refractivity contribution is 0.0139. The van der Waals surface area contributed by atoms with Crippen molar-refractivity contribution in [1.82, 2.24) is 9.88 Å². The maximum atomic E-state index is 12.0. The summed E-state index contributed by atoms with van der Waals surface area (Å²) < 4.78 is 5.31. The zero-order valence-corrected chi connectivity index (χ0v) is 12.6. The Bertz CT molecular complexity index is 480. The highest BCUT2D eigenvalue weighted by atomic mass is 32.1. The van der Waals surface area contributed by atoms with E-state index in [9.17, 15) is 9.90 Å². The Morgan fingerprint density at radius 3 is 2.79 bits per heavy atom. The van der Waals surface area contributed by atoms with Gasteiger partial charge in [-0.1, -0.05) is 0 Å². The normalized spacial score (nSPS) is 23.7. The van der Waals surface area contributed by atoms with Crippen LogP contribution >= 0.6 is 11.3 Å². The highest BCUT2D eigenvalue weighted by molar-refractivity contribution is 7.11. The van der Waals surface area contributed by atoms with E-state index in [2.05, 4.69) is 4.98 Å². The van der Waals surface area contributed by atoms with Gasteiger partial charge in [0.2, 0.25) is 0 Å². The monoisotopic (exact) mass is 284 g/mol. The third kappa shape index (κ3) is 3.25. The molecule has 1 saturated heterocycles. The minimum atomic E-state index is -1.03. The van der Waals surface area contributed by atoms with Crippen molar-refractivity contribution in [3.8, 4) is 0 Å². The van der Waals surface area contributed by atoms with Crippen molar-refractivity contribution in [2.75, 3.05) is 13.1 Å². The number of β-amino-alcohol motifs (C(OH)–C–C–N with tert-alkyl or cyclic N) is 1. The molecule has 1 N–H and O–H groups in total. The predicted molar refractivity (Wildman–Crippen MR) is 73.2 cm³/mol. The van der Waals surface area contributed by atoms with Crippen LogP contribution in [-0.4, -0.2) is 39.8 Å². The number of nitrogens with zero attached hydrogens (tertiary/aromatic N) is 2. The van der Waals surface area contributed by atoms with E-state index in [1.807, 2.05) is 27.7 Å². The molecule has 1 aromatic heterocycles. The molecule has 106 valence electrons. The molecular weight excluding hydrogens is 264 g/mol. The molecule has 0 bridgehead atoms. The largest absolute Gasteiger partial charge is 0.444 e. The first-order valence-corrected chi connectivity index (χ1v) is 7.14. The first-order valence-electron chi connectivity index (χ1n) is 6.33. The number of thiazole rings is 1. The molecule has 0 spiro atoms. The van der Waals surface area contributed by atoms with Gasteiger partial charge in [0.25, 0.3) is 0 Å². The van der Waals surface area contributed by atoms with Crippen molar-refractivity contribution < 1.29 is 14.6 Å². The van der Waals surface area contributed by atoms with Gasteiger partial charge in [-0.25, -0.2) is 9.78 Å². The molecule has 5 nitrogen and oxygen atoms in total. The van der Waals surface area contributed by atoms with Gasteiger partial charge in [0, 0.05) is 24.0 Å². The molecule has 2 rings (SSSR count). The van der Waals surface area contributed by atoms with E-state index >= 15 is 0 Å².